The number of benzene rings is 1. The highest BCUT2D eigenvalue weighted by Gasteiger charge is 2.30. The average Bonchev–Trinajstić information content (AvgIpc) is 2.72. The predicted octanol–water partition coefficient (Wildman–Crippen LogP) is 2.65. The number of ether oxygens (including phenoxy) is 2. The Labute approximate surface area is 180 Å². The van der Waals surface area contributed by atoms with Crippen LogP contribution in [0, 0.1) is 5.92 Å². The smallest absolute Gasteiger partial charge is 0.310 e. The van der Waals surface area contributed by atoms with Crippen molar-refractivity contribution in [3.8, 4) is 5.75 Å². The molecule has 1 aromatic carbocycles. The van der Waals surface area contributed by atoms with Crippen molar-refractivity contribution in [1.29, 1.82) is 0 Å². The predicted molar refractivity (Wildman–Crippen MR) is 113 cm³/mol. The molecule has 1 heterocycles. The highest BCUT2D eigenvalue weighted by molar-refractivity contribution is 9.10. The minimum Gasteiger partial charge on any atom is -0.496 e. The van der Waals surface area contributed by atoms with E-state index in [0.29, 0.717) is 32.5 Å². The van der Waals surface area contributed by atoms with E-state index in [9.17, 15) is 14.4 Å². The summed E-state index contributed by atoms with van der Waals surface area (Å²) in [4.78, 5) is 40.1. The molecule has 0 aliphatic carbocycles. The summed E-state index contributed by atoms with van der Waals surface area (Å²) in [6, 6.07) is 5.71. The second-order valence-corrected chi connectivity index (χ2v) is 8.00. The van der Waals surface area contributed by atoms with Gasteiger partial charge < -0.3 is 19.3 Å². The van der Waals surface area contributed by atoms with E-state index in [4.69, 9.17) is 9.47 Å². The van der Waals surface area contributed by atoms with Crippen molar-refractivity contribution < 1.29 is 23.9 Å². The Morgan fingerprint density at radius 1 is 1.31 bits per heavy atom. The Morgan fingerprint density at radius 3 is 2.72 bits per heavy atom. The Bertz CT molecular complexity index is 740. The number of piperidine rings is 1. The summed E-state index contributed by atoms with van der Waals surface area (Å²) >= 11 is 3.44. The van der Waals surface area contributed by atoms with E-state index in [2.05, 4.69) is 15.9 Å². The van der Waals surface area contributed by atoms with Crippen LogP contribution in [0.5, 0.6) is 5.75 Å². The molecule has 2 rings (SSSR count). The quantitative estimate of drug-likeness (QED) is 0.548. The highest BCUT2D eigenvalue weighted by atomic mass is 79.9. The molecule has 0 bridgehead atoms. The van der Waals surface area contributed by atoms with Gasteiger partial charge in [-0.1, -0.05) is 6.07 Å². The van der Waals surface area contributed by atoms with E-state index in [1.54, 1.807) is 26.0 Å². The van der Waals surface area contributed by atoms with E-state index in [-0.39, 0.29) is 30.2 Å². The molecule has 7 nitrogen and oxygen atoms in total. The molecule has 1 aliphatic rings. The molecular weight excluding hydrogens is 440 g/mol. The van der Waals surface area contributed by atoms with Crippen LogP contribution in [0.15, 0.2) is 22.7 Å². The molecule has 2 amide bonds. The molecule has 1 fully saturated rings. The summed E-state index contributed by atoms with van der Waals surface area (Å²) in [5, 5.41) is 0. The summed E-state index contributed by atoms with van der Waals surface area (Å²) in [5.41, 5.74) is 1.01. The van der Waals surface area contributed by atoms with Gasteiger partial charge in [0.2, 0.25) is 11.8 Å². The highest BCUT2D eigenvalue weighted by Crippen LogP contribution is 2.26. The minimum absolute atomic E-state index is 0.0146. The fraction of sp³-hybridized carbons (Fsp3) is 0.571. The number of halogens is 1. The van der Waals surface area contributed by atoms with Crippen molar-refractivity contribution in [2.24, 2.45) is 5.92 Å². The van der Waals surface area contributed by atoms with Crippen LogP contribution in [-0.2, 0) is 25.5 Å². The first-order valence-electron chi connectivity index (χ1n) is 9.86. The van der Waals surface area contributed by atoms with Gasteiger partial charge in [0, 0.05) is 26.6 Å². The molecule has 0 saturated carbocycles. The lowest BCUT2D eigenvalue weighted by atomic mass is 9.98. The van der Waals surface area contributed by atoms with Gasteiger partial charge >= 0.3 is 5.97 Å². The number of esters is 1. The molecular formula is C21H29BrN2O5. The molecule has 1 unspecified atom stereocenters. The molecule has 1 atom stereocenters. The largest absolute Gasteiger partial charge is 0.496 e. The molecule has 8 heteroatoms. The zero-order valence-electron chi connectivity index (χ0n) is 17.3. The lowest BCUT2D eigenvalue weighted by Gasteiger charge is -2.32. The number of likely N-dealkylation sites (tertiary alicyclic amines) is 1. The number of methoxy groups -OCH3 is 1. The van der Waals surface area contributed by atoms with E-state index in [0.717, 1.165) is 28.6 Å². The fourth-order valence-corrected chi connectivity index (χ4v) is 3.94. The second kappa shape index (κ2) is 11.2. The molecule has 160 valence electrons. The lowest BCUT2D eigenvalue weighted by Crippen LogP contribution is -2.47. The van der Waals surface area contributed by atoms with Gasteiger partial charge in [-0.05, 0) is 59.8 Å². The van der Waals surface area contributed by atoms with Gasteiger partial charge in [0.05, 0.1) is 30.7 Å². The summed E-state index contributed by atoms with van der Waals surface area (Å²) in [6.07, 6.45) is 2.39. The number of carbonyl (C=O) groups excluding carboxylic acids is 3. The first kappa shape index (κ1) is 23.2. The number of nitrogens with zero attached hydrogens (tertiary/aromatic N) is 2. The first-order chi connectivity index (χ1) is 13.8. The third-order valence-corrected chi connectivity index (χ3v) is 5.66. The lowest BCUT2D eigenvalue weighted by molar-refractivity contribution is -0.152. The summed E-state index contributed by atoms with van der Waals surface area (Å²) in [6.45, 7) is 3.09. The van der Waals surface area contributed by atoms with Gasteiger partial charge in [0.1, 0.15) is 5.75 Å². The number of likely N-dealkylation sites (N-methyl/N-ethyl adjacent to an activating group) is 1. The zero-order valence-corrected chi connectivity index (χ0v) is 18.9. The molecule has 1 aliphatic heterocycles. The van der Waals surface area contributed by atoms with Crippen molar-refractivity contribution in [3.05, 3.63) is 28.2 Å². The van der Waals surface area contributed by atoms with Crippen molar-refractivity contribution in [1.82, 2.24) is 9.80 Å². The van der Waals surface area contributed by atoms with Gasteiger partial charge in [-0.25, -0.2) is 0 Å². The Hall–Kier alpha value is -2.09. The van der Waals surface area contributed by atoms with Crippen molar-refractivity contribution >= 4 is 33.7 Å². The van der Waals surface area contributed by atoms with Gasteiger partial charge in [0.15, 0.2) is 0 Å². The van der Waals surface area contributed by atoms with Crippen LogP contribution in [-0.4, -0.2) is 68.0 Å². The fourth-order valence-electron chi connectivity index (χ4n) is 3.35. The number of amides is 2. The van der Waals surface area contributed by atoms with Crippen LogP contribution in [0.1, 0.15) is 31.7 Å². The molecule has 0 N–H and O–H groups in total. The Kier molecular flexibility index (Phi) is 8.95. The molecule has 29 heavy (non-hydrogen) atoms. The van der Waals surface area contributed by atoms with Gasteiger partial charge in [0.25, 0.3) is 0 Å². The van der Waals surface area contributed by atoms with Crippen LogP contribution in [0.4, 0.5) is 0 Å². The normalized spacial score (nSPS) is 16.3. The molecule has 1 aromatic rings. The van der Waals surface area contributed by atoms with Gasteiger partial charge in [-0.2, -0.15) is 0 Å². The maximum absolute atomic E-state index is 12.6. The number of carbonyl (C=O) groups is 3. The van der Waals surface area contributed by atoms with Crippen LogP contribution in [0.25, 0.3) is 0 Å². The third-order valence-electron chi connectivity index (χ3n) is 5.04. The molecule has 0 spiro atoms. The van der Waals surface area contributed by atoms with E-state index < -0.39 is 0 Å². The van der Waals surface area contributed by atoms with Crippen LogP contribution in [0.3, 0.4) is 0 Å². The maximum Gasteiger partial charge on any atom is 0.310 e. The van der Waals surface area contributed by atoms with E-state index in [1.807, 2.05) is 18.2 Å². The van der Waals surface area contributed by atoms with E-state index in [1.165, 1.54) is 4.90 Å². The van der Waals surface area contributed by atoms with Gasteiger partial charge in [-0.3, -0.25) is 14.4 Å². The van der Waals surface area contributed by atoms with Crippen molar-refractivity contribution in [2.45, 2.75) is 32.6 Å². The Morgan fingerprint density at radius 2 is 2.07 bits per heavy atom. The third kappa shape index (κ3) is 6.73. The summed E-state index contributed by atoms with van der Waals surface area (Å²) in [7, 11) is 3.24. The topological polar surface area (TPSA) is 76.2 Å². The number of hydrogen-bond donors (Lipinski definition) is 0. The van der Waals surface area contributed by atoms with Crippen molar-refractivity contribution in [3.63, 3.8) is 0 Å². The standard InChI is InChI=1S/C21H29BrN2O5/c1-4-29-21(27)16-6-5-11-24(13-16)20(26)14-23(2)19(25)10-8-15-7-9-18(28-3)17(22)12-15/h7,9,12,16H,4-6,8,10-11,13-14H2,1-3H3. The van der Waals surface area contributed by atoms with Gasteiger partial charge in [-0.15, -0.1) is 0 Å². The van der Waals surface area contributed by atoms with Crippen LogP contribution in [0.2, 0.25) is 0 Å². The second-order valence-electron chi connectivity index (χ2n) is 7.15. The van der Waals surface area contributed by atoms with E-state index >= 15 is 0 Å². The molecule has 1 saturated heterocycles. The summed E-state index contributed by atoms with van der Waals surface area (Å²) in [5.74, 6) is -0.0148. The maximum atomic E-state index is 12.6. The number of aryl methyl sites for hydroxylation is 1. The zero-order chi connectivity index (χ0) is 21.4. The van der Waals surface area contributed by atoms with Crippen LogP contribution >= 0.6 is 15.9 Å². The van der Waals surface area contributed by atoms with Crippen molar-refractivity contribution in [2.75, 3.05) is 40.4 Å². The molecule has 0 radical (unpaired) electrons. The van der Waals surface area contributed by atoms with Crippen LogP contribution < -0.4 is 4.74 Å². The summed E-state index contributed by atoms with van der Waals surface area (Å²) < 4.78 is 11.1. The SMILES string of the molecule is CCOC(=O)C1CCCN(C(=O)CN(C)C(=O)CCc2ccc(OC)c(Br)c2)C1. The monoisotopic (exact) mass is 468 g/mol. The number of rotatable bonds is 8. The first-order valence-corrected chi connectivity index (χ1v) is 10.7. The Balaban J connectivity index is 1.83. The minimum atomic E-state index is -0.276. The number of hydrogen-bond acceptors (Lipinski definition) is 5. The molecule has 0 aromatic heterocycles. The average molecular weight is 469 g/mol.